The zero-order valence-corrected chi connectivity index (χ0v) is 13.4. The molecule has 1 saturated heterocycles. The Kier molecular flexibility index (Phi) is 6.66. The molecule has 0 aliphatic carbocycles. The third-order valence-electron chi connectivity index (χ3n) is 4.22. The summed E-state index contributed by atoms with van der Waals surface area (Å²) in [5.74, 6) is 0. The van der Waals surface area contributed by atoms with Crippen LogP contribution in [0.5, 0.6) is 0 Å². The van der Waals surface area contributed by atoms with Gasteiger partial charge in [-0.2, -0.15) is 5.26 Å². The number of anilines is 1. The number of rotatable bonds is 7. The summed E-state index contributed by atoms with van der Waals surface area (Å²) in [4.78, 5) is 6.88. The van der Waals surface area contributed by atoms with E-state index in [0.29, 0.717) is 6.42 Å². The highest BCUT2D eigenvalue weighted by molar-refractivity contribution is 5.46. The molecule has 5 nitrogen and oxygen atoms in total. The van der Waals surface area contributed by atoms with Crippen molar-refractivity contribution in [1.29, 1.82) is 5.26 Å². The van der Waals surface area contributed by atoms with E-state index in [2.05, 4.69) is 45.0 Å². The molecular weight excluding hydrogens is 276 g/mol. The molecular formula is C17H26N4O. The molecule has 22 heavy (non-hydrogen) atoms. The maximum atomic E-state index is 8.97. The van der Waals surface area contributed by atoms with Gasteiger partial charge >= 0.3 is 0 Å². The standard InChI is InChI=1S/C17H26N4O/c1-19(8-2-7-18)17-5-3-16(4-6-17)15-21-11-9-20(10-12-21)13-14-22/h3-6,22H,2,8-15H2,1H3. The largest absolute Gasteiger partial charge is 0.395 e. The van der Waals surface area contributed by atoms with E-state index in [1.54, 1.807) is 0 Å². The molecule has 1 aromatic carbocycles. The van der Waals surface area contributed by atoms with Crippen molar-refractivity contribution in [3.8, 4) is 6.07 Å². The number of β-amino-alcohol motifs (C(OH)–C–C–N with tert-alkyl or cyclic N) is 1. The first-order valence-electron chi connectivity index (χ1n) is 7.95. The number of hydrogen-bond acceptors (Lipinski definition) is 5. The highest BCUT2D eigenvalue weighted by Crippen LogP contribution is 2.16. The predicted octanol–water partition coefficient (Wildman–Crippen LogP) is 1.15. The first-order chi connectivity index (χ1) is 10.7. The molecule has 1 N–H and O–H groups in total. The van der Waals surface area contributed by atoms with Crippen LogP contribution < -0.4 is 4.90 Å². The summed E-state index contributed by atoms with van der Waals surface area (Å²) >= 11 is 0. The minimum Gasteiger partial charge on any atom is -0.395 e. The van der Waals surface area contributed by atoms with E-state index in [1.165, 1.54) is 5.56 Å². The molecule has 0 amide bonds. The number of nitriles is 1. The van der Waals surface area contributed by atoms with Crippen LogP contribution in [-0.2, 0) is 6.54 Å². The molecule has 0 bridgehead atoms. The van der Waals surface area contributed by atoms with Gasteiger partial charge in [0.15, 0.2) is 0 Å². The van der Waals surface area contributed by atoms with Gasteiger partial charge in [0.05, 0.1) is 19.1 Å². The molecule has 0 saturated carbocycles. The van der Waals surface area contributed by atoms with Gasteiger partial charge in [0.1, 0.15) is 0 Å². The Morgan fingerprint density at radius 1 is 1.14 bits per heavy atom. The second-order valence-electron chi connectivity index (χ2n) is 5.84. The van der Waals surface area contributed by atoms with Crippen LogP contribution in [0.4, 0.5) is 5.69 Å². The molecule has 1 fully saturated rings. The second-order valence-corrected chi connectivity index (χ2v) is 5.84. The maximum absolute atomic E-state index is 8.97. The number of benzene rings is 1. The van der Waals surface area contributed by atoms with Crippen LogP contribution in [0, 0.1) is 11.3 Å². The first kappa shape index (κ1) is 16.8. The number of nitrogens with zero attached hydrogens (tertiary/aromatic N) is 4. The Balaban J connectivity index is 1.81. The molecule has 1 aromatic rings. The average molecular weight is 302 g/mol. The third kappa shape index (κ3) is 4.99. The number of hydrogen-bond donors (Lipinski definition) is 1. The fourth-order valence-electron chi connectivity index (χ4n) is 2.77. The van der Waals surface area contributed by atoms with Crippen LogP contribution in [0.25, 0.3) is 0 Å². The molecule has 120 valence electrons. The number of aliphatic hydroxyl groups excluding tert-OH is 1. The fraction of sp³-hybridized carbons (Fsp3) is 0.588. The molecule has 1 heterocycles. The quantitative estimate of drug-likeness (QED) is 0.819. The molecule has 1 aliphatic heterocycles. The van der Waals surface area contributed by atoms with Gasteiger partial charge < -0.3 is 10.0 Å². The van der Waals surface area contributed by atoms with Gasteiger partial charge in [-0.1, -0.05) is 12.1 Å². The van der Waals surface area contributed by atoms with Gasteiger partial charge in [0, 0.05) is 58.5 Å². The average Bonchev–Trinajstić information content (AvgIpc) is 2.55. The summed E-state index contributed by atoms with van der Waals surface area (Å²) in [5, 5.41) is 17.6. The molecule has 0 radical (unpaired) electrons. The van der Waals surface area contributed by atoms with Gasteiger partial charge in [-0.05, 0) is 17.7 Å². The zero-order chi connectivity index (χ0) is 15.8. The van der Waals surface area contributed by atoms with Crippen LogP contribution in [0.1, 0.15) is 12.0 Å². The Morgan fingerprint density at radius 3 is 2.36 bits per heavy atom. The van der Waals surface area contributed by atoms with E-state index >= 15 is 0 Å². The number of aliphatic hydroxyl groups is 1. The molecule has 0 unspecified atom stereocenters. The van der Waals surface area contributed by atoms with Gasteiger partial charge in [0.25, 0.3) is 0 Å². The van der Waals surface area contributed by atoms with E-state index in [-0.39, 0.29) is 6.61 Å². The van der Waals surface area contributed by atoms with Crippen LogP contribution >= 0.6 is 0 Å². The van der Waals surface area contributed by atoms with Gasteiger partial charge in [0.2, 0.25) is 0 Å². The Hall–Kier alpha value is -1.61. The van der Waals surface area contributed by atoms with Crippen LogP contribution in [0.15, 0.2) is 24.3 Å². The lowest BCUT2D eigenvalue weighted by molar-refractivity contribution is 0.108. The van der Waals surface area contributed by atoms with Crippen LogP contribution in [0.2, 0.25) is 0 Å². The van der Waals surface area contributed by atoms with Crippen LogP contribution in [0.3, 0.4) is 0 Å². The summed E-state index contributed by atoms with van der Waals surface area (Å²) in [7, 11) is 2.02. The van der Waals surface area contributed by atoms with E-state index in [9.17, 15) is 0 Å². The molecule has 5 heteroatoms. The maximum Gasteiger partial charge on any atom is 0.0640 e. The zero-order valence-electron chi connectivity index (χ0n) is 13.4. The summed E-state index contributed by atoms with van der Waals surface area (Å²) in [6, 6.07) is 10.8. The second kappa shape index (κ2) is 8.74. The minimum atomic E-state index is 0.251. The summed E-state index contributed by atoms with van der Waals surface area (Å²) < 4.78 is 0. The lowest BCUT2D eigenvalue weighted by Crippen LogP contribution is -2.46. The predicted molar refractivity (Wildman–Crippen MR) is 88.7 cm³/mol. The summed E-state index contributed by atoms with van der Waals surface area (Å²) in [6.07, 6.45) is 0.552. The molecule has 1 aliphatic rings. The van der Waals surface area contributed by atoms with Crippen molar-refractivity contribution in [2.24, 2.45) is 0 Å². The highest BCUT2D eigenvalue weighted by Gasteiger charge is 2.16. The van der Waals surface area contributed by atoms with Crippen molar-refractivity contribution in [3.05, 3.63) is 29.8 Å². The smallest absolute Gasteiger partial charge is 0.0640 e. The van der Waals surface area contributed by atoms with Gasteiger partial charge in [-0.3, -0.25) is 9.80 Å². The molecule has 0 aromatic heterocycles. The van der Waals surface area contributed by atoms with E-state index < -0.39 is 0 Å². The minimum absolute atomic E-state index is 0.251. The monoisotopic (exact) mass is 302 g/mol. The van der Waals surface area contributed by atoms with Crippen molar-refractivity contribution < 1.29 is 5.11 Å². The Labute approximate surface area is 133 Å². The van der Waals surface area contributed by atoms with Crippen molar-refractivity contribution in [1.82, 2.24) is 9.80 Å². The van der Waals surface area contributed by atoms with Crippen molar-refractivity contribution in [3.63, 3.8) is 0 Å². The summed E-state index contributed by atoms with van der Waals surface area (Å²) in [6.45, 7) is 6.98. The van der Waals surface area contributed by atoms with E-state index in [0.717, 1.165) is 51.5 Å². The fourth-order valence-corrected chi connectivity index (χ4v) is 2.77. The van der Waals surface area contributed by atoms with Crippen molar-refractivity contribution in [2.45, 2.75) is 13.0 Å². The lowest BCUT2D eigenvalue weighted by atomic mass is 10.1. The number of piperazine rings is 1. The SMILES string of the molecule is CN(CCC#N)c1ccc(CN2CCN(CCO)CC2)cc1. The summed E-state index contributed by atoms with van der Waals surface area (Å²) in [5.41, 5.74) is 2.49. The molecule has 0 atom stereocenters. The third-order valence-corrected chi connectivity index (χ3v) is 4.22. The normalized spacial score (nSPS) is 16.4. The lowest BCUT2D eigenvalue weighted by Gasteiger charge is -2.34. The Morgan fingerprint density at radius 2 is 1.77 bits per heavy atom. The van der Waals surface area contributed by atoms with E-state index in [1.807, 2.05) is 7.05 Å². The first-order valence-corrected chi connectivity index (χ1v) is 7.95. The van der Waals surface area contributed by atoms with E-state index in [4.69, 9.17) is 10.4 Å². The Bertz CT molecular complexity index is 474. The van der Waals surface area contributed by atoms with Crippen LogP contribution in [-0.4, -0.2) is 67.8 Å². The van der Waals surface area contributed by atoms with Crippen molar-refractivity contribution in [2.75, 3.05) is 57.8 Å². The van der Waals surface area contributed by atoms with Gasteiger partial charge in [-0.25, -0.2) is 0 Å². The molecule has 0 spiro atoms. The molecule has 2 rings (SSSR count). The van der Waals surface area contributed by atoms with Crippen molar-refractivity contribution >= 4 is 5.69 Å². The topological polar surface area (TPSA) is 53.7 Å². The highest BCUT2D eigenvalue weighted by atomic mass is 16.3. The van der Waals surface area contributed by atoms with Gasteiger partial charge in [-0.15, -0.1) is 0 Å².